The molecular formula is C24H20BN5O5. The van der Waals surface area contributed by atoms with E-state index in [2.05, 4.69) is 15.3 Å². The SMILES string of the molecule is Nc1cnnc2cc(-c3cc(B(O)O)c(Oc4ccccc4)cc3-n3cccn3)ccc12.O=CO. The molecule has 5 N–H and O–H groups in total. The van der Waals surface area contributed by atoms with Crippen molar-refractivity contribution in [1.82, 2.24) is 20.0 Å². The minimum atomic E-state index is -1.74. The van der Waals surface area contributed by atoms with Crippen LogP contribution in [-0.2, 0) is 4.79 Å². The molecule has 35 heavy (non-hydrogen) atoms. The Bertz CT molecular complexity index is 1450. The summed E-state index contributed by atoms with van der Waals surface area (Å²) in [5, 5.41) is 40.3. The molecule has 2 heterocycles. The average Bonchev–Trinajstić information content (AvgIpc) is 3.40. The average molecular weight is 469 g/mol. The van der Waals surface area contributed by atoms with E-state index >= 15 is 0 Å². The van der Waals surface area contributed by atoms with Crippen molar-refractivity contribution < 1.29 is 24.7 Å². The van der Waals surface area contributed by atoms with Crippen molar-refractivity contribution in [1.29, 1.82) is 0 Å². The van der Waals surface area contributed by atoms with E-state index in [1.165, 1.54) is 6.20 Å². The normalized spacial score (nSPS) is 10.3. The van der Waals surface area contributed by atoms with Crippen LogP contribution in [0.5, 0.6) is 11.5 Å². The lowest BCUT2D eigenvalue weighted by atomic mass is 9.77. The summed E-state index contributed by atoms with van der Waals surface area (Å²) in [5.74, 6) is 0.885. The molecule has 0 radical (unpaired) electrons. The minimum absolute atomic E-state index is 0.221. The fourth-order valence-electron chi connectivity index (χ4n) is 3.57. The van der Waals surface area contributed by atoms with E-state index < -0.39 is 7.12 Å². The Morgan fingerprint density at radius 1 is 1.03 bits per heavy atom. The van der Waals surface area contributed by atoms with Crippen LogP contribution in [0, 0.1) is 0 Å². The fourth-order valence-corrected chi connectivity index (χ4v) is 3.57. The summed E-state index contributed by atoms with van der Waals surface area (Å²) < 4.78 is 7.68. The van der Waals surface area contributed by atoms with Gasteiger partial charge < -0.3 is 25.6 Å². The molecule has 2 aromatic heterocycles. The van der Waals surface area contributed by atoms with Gasteiger partial charge in [0.05, 0.1) is 23.1 Å². The number of para-hydroxylation sites is 1. The van der Waals surface area contributed by atoms with Crippen molar-refractivity contribution in [3.8, 4) is 28.3 Å². The maximum atomic E-state index is 10.1. The van der Waals surface area contributed by atoms with Crippen LogP contribution in [0.15, 0.2) is 85.3 Å². The van der Waals surface area contributed by atoms with E-state index in [1.807, 2.05) is 42.5 Å². The highest BCUT2D eigenvalue weighted by molar-refractivity contribution is 6.60. The fraction of sp³-hybridized carbons (Fsp3) is 0. The van der Waals surface area contributed by atoms with Crippen molar-refractivity contribution in [2.45, 2.75) is 0 Å². The first-order valence-corrected chi connectivity index (χ1v) is 10.4. The molecule has 5 aromatic rings. The molecule has 0 saturated heterocycles. The first-order valence-electron chi connectivity index (χ1n) is 10.4. The Balaban J connectivity index is 0.000000917. The zero-order chi connectivity index (χ0) is 24.8. The van der Waals surface area contributed by atoms with Crippen LogP contribution in [-0.4, -0.2) is 48.7 Å². The number of nitrogens with two attached hydrogens (primary N) is 1. The van der Waals surface area contributed by atoms with Crippen LogP contribution in [0.1, 0.15) is 0 Å². The highest BCUT2D eigenvalue weighted by atomic mass is 16.5. The number of aromatic nitrogens is 4. The molecule has 0 amide bonds. The number of nitrogens with zero attached hydrogens (tertiary/aromatic N) is 4. The number of anilines is 1. The number of hydrogen-bond acceptors (Lipinski definition) is 8. The van der Waals surface area contributed by atoms with Crippen molar-refractivity contribution >= 4 is 35.6 Å². The van der Waals surface area contributed by atoms with Gasteiger partial charge >= 0.3 is 7.12 Å². The van der Waals surface area contributed by atoms with Gasteiger partial charge in [-0.15, -0.1) is 0 Å². The van der Waals surface area contributed by atoms with Crippen molar-refractivity contribution in [2.24, 2.45) is 0 Å². The summed E-state index contributed by atoms with van der Waals surface area (Å²) >= 11 is 0. The number of nitrogen functional groups attached to an aromatic ring is 1. The van der Waals surface area contributed by atoms with Gasteiger partial charge in [0.25, 0.3) is 6.47 Å². The molecule has 0 aliphatic carbocycles. The second-order valence-corrected chi connectivity index (χ2v) is 7.28. The van der Waals surface area contributed by atoms with Crippen molar-refractivity contribution in [2.75, 3.05) is 5.73 Å². The van der Waals surface area contributed by atoms with Crippen LogP contribution in [0.2, 0.25) is 0 Å². The van der Waals surface area contributed by atoms with Gasteiger partial charge in [-0.05, 0) is 42.0 Å². The van der Waals surface area contributed by atoms with Gasteiger partial charge in [0, 0.05) is 34.9 Å². The second-order valence-electron chi connectivity index (χ2n) is 7.28. The van der Waals surface area contributed by atoms with Crippen LogP contribution in [0.25, 0.3) is 27.7 Å². The molecule has 0 atom stereocenters. The molecule has 10 nitrogen and oxygen atoms in total. The summed E-state index contributed by atoms with van der Waals surface area (Å²) in [6.07, 6.45) is 4.98. The summed E-state index contributed by atoms with van der Waals surface area (Å²) in [7, 11) is -1.74. The Morgan fingerprint density at radius 2 is 1.80 bits per heavy atom. The van der Waals surface area contributed by atoms with Gasteiger partial charge in [-0.2, -0.15) is 15.3 Å². The molecule has 0 unspecified atom stereocenters. The summed E-state index contributed by atoms with van der Waals surface area (Å²) in [6.45, 7) is -0.250. The number of benzene rings is 3. The maximum Gasteiger partial charge on any atom is 0.492 e. The quantitative estimate of drug-likeness (QED) is 0.224. The Hall–Kier alpha value is -4.74. The van der Waals surface area contributed by atoms with E-state index in [0.717, 1.165) is 10.9 Å². The molecule has 0 aliphatic heterocycles. The Labute approximate surface area is 200 Å². The first kappa shape index (κ1) is 23.4. The predicted molar refractivity (Wildman–Crippen MR) is 132 cm³/mol. The van der Waals surface area contributed by atoms with Gasteiger partial charge in [-0.25, -0.2) is 4.68 Å². The van der Waals surface area contributed by atoms with Gasteiger partial charge in [0.2, 0.25) is 0 Å². The molecule has 11 heteroatoms. The van der Waals surface area contributed by atoms with Crippen LogP contribution in [0.4, 0.5) is 5.69 Å². The molecule has 0 bridgehead atoms. The van der Waals surface area contributed by atoms with Gasteiger partial charge in [0.1, 0.15) is 11.5 Å². The number of ether oxygens (including phenoxy) is 1. The molecule has 3 aromatic carbocycles. The topological polar surface area (TPSA) is 157 Å². The lowest BCUT2D eigenvalue weighted by Crippen LogP contribution is -2.31. The Kier molecular flexibility index (Phi) is 7.00. The number of hydrogen-bond donors (Lipinski definition) is 4. The molecule has 0 aliphatic rings. The van der Waals surface area contributed by atoms with Crippen molar-refractivity contribution in [3.05, 3.63) is 85.3 Å². The zero-order valence-electron chi connectivity index (χ0n) is 18.3. The second kappa shape index (κ2) is 10.5. The summed E-state index contributed by atoms with van der Waals surface area (Å²) in [4.78, 5) is 8.36. The molecule has 0 spiro atoms. The summed E-state index contributed by atoms with van der Waals surface area (Å²) in [5.41, 5.74) is 9.59. The van der Waals surface area contributed by atoms with E-state index in [1.54, 1.807) is 41.3 Å². The third kappa shape index (κ3) is 5.11. The third-order valence-electron chi connectivity index (χ3n) is 5.11. The van der Waals surface area contributed by atoms with E-state index in [4.69, 9.17) is 20.4 Å². The smallest absolute Gasteiger partial charge is 0.483 e. The van der Waals surface area contributed by atoms with Crippen LogP contribution in [0.3, 0.4) is 0 Å². The number of carboxylic acid groups (broad SMARTS) is 1. The van der Waals surface area contributed by atoms with Crippen LogP contribution >= 0.6 is 0 Å². The molecule has 174 valence electrons. The predicted octanol–water partition coefficient (Wildman–Crippen LogP) is 2.24. The number of fused-ring (bicyclic) bond motifs is 1. The van der Waals surface area contributed by atoms with E-state index in [9.17, 15) is 10.0 Å². The lowest BCUT2D eigenvalue weighted by molar-refractivity contribution is -0.122. The number of carbonyl (C=O) groups is 1. The Morgan fingerprint density at radius 3 is 2.49 bits per heavy atom. The highest BCUT2D eigenvalue weighted by Gasteiger charge is 2.23. The maximum absolute atomic E-state index is 10.1. The first-order chi connectivity index (χ1) is 17.0. The molecule has 0 saturated carbocycles. The van der Waals surface area contributed by atoms with E-state index in [-0.39, 0.29) is 11.9 Å². The number of rotatable bonds is 5. The standard InChI is InChI=1S/C23H18BN5O3.CH2O2/c25-20-14-26-28-21-11-15(7-8-17(20)21)18-12-19(24(30)31)23(32-16-5-2-1-3-6-16)13-22(18)29-10-4-9-27-29;2-1-3/h1-14,30-31H,(H2,25,28);1H,(H,2,3). The van der Waals surface area contributed by atoms with Crippen LogP contribution < -0.4 is 15.9 Å². The minimum Gasteiger partial charge on any atom is -0.483 e. The molecule has 0 fully saturated rings. The third-order valence-corrected chi connectivity index (χ3v) is 5.11. The molecular weight excluding hydrogens is 449 g/mol. The van der Waals surface area contributed by atoms with E-state index in [0.29, 0.717) is 34.0 Å². The molecule has 5 rings (SSSR count). The summed E-state index contributed by atoms with van der Waals surface area (Å²) in [6, 6.07) is 20.0. The zero-order valence-corrected chi connectivity index (χ0v) is 18.3. The van der Waals surface area contributed by atoms with Gasteiger partial charge in [0.15, 0.2) is 0 Å². The van der Waals surface area contributed by atoms with Gasteiger partial charge in [-0.1, -0.05) is 24.3 Å². The van der Waals surface area contributed by atoms with Crippen molar-refractivity contribution in [3.63, 3.8) is 0 Å². The highest BCUT2D eigenvalue weighted by Crippen LogP contribution is 2.33. The van der Waals surface area contributed by atoms with Gasteiger partial charge in [-0.3, -0.25) is 4.79 Å². The monoisotopic (exact) mass is 469 g/mol. The largest absolute Gasteiger partial charge is 0.492 e. The lowest BCUT2D eigenvalue weighted by Gasteiger charge is -2.17.